The SMILES string of the molecule is O=C(Cc1cccc(N(Cc2ccc(F)cc2)C(=O)COc2ccccc2)c1)NCc1ccccc1. The molecule has 0 spiro atoms. The van der Waals surface area contributed by atoms with E-state index < -0.39 is 0 Å². The Bertz CT molecular complexity index is 1280. The maximum atomic E-state index is 13.4. The van der Waals surface area contributed by atoms with Gasteiger partial charge in [0, 0.05) is 12.2 Å². The zero-order chi connectivity index (χ0) is 25.2. The molecule has 182 valence electrons. The fourth-order valence-electron chi connectivity index (χ4n) is 3.71. The van der Waals surface area contributed by atoms with E-state index in [4.69, 9.17) is 4.74 Å². The van der Waals surface area contributed by atoms with Crippen LogP contribution in [0.5, 0.6) is 5.75 Å². The third-order valence-corrected chi connectivity index (χ3v) is 5.58. The lowest BCUT2D eigenvalue weighted by atomic mass is 10.1. The second kappa shape index (κ2) is 12.3. The quantitative estimate of drug-likeness (QED) is 0.334. The Morgan fingerprint density at radius 1 is 0.750 bits per heavy atom. The molecule has 0 aliphatic heterocycles. The summed E-state index contributed by atoms with van der Waals surface area (Å²) in [5.41, 5.74) is 3.21. The van der Waals surface area contributed by atoms with Gasteiger partial charge in [-0.15, -0.1) is 0 Å². The van der Waals surface area contributed by atoms with Gasteiger partial charge >= 0.3 is 0 Å². The number of para-hydroxylation sites is 1. The highest BCUT2D eigenvalue weighted by molar-refractivity contribution is 5.94. The van der Waals surface area contributed by atoms with E-state index in [2.05, 4.69) is 5.32 Å². The van der Waals surface area contributed by atoms with Crippen LogP contribution in [0.2, 0.25) is 0 Å². The molecule has 0 aliphatic carbocycles. The van der Waals surface area contributed by atoms with E-state index in [9.17, 15) is 14.0 Å². The lowest BCUT2D eigenvalue weighted by molar-refractivity contribution is -0.121. The molecular weight excluding hydrogens is 455 g/mol. The van der Waals surface area contributed by atoms with Gasteiger partial charge in [0.15, 0.2) is 6.61 Å². The Kier molecular flexibility index (Phi) is 8.44. The Labute approximate surface area is 210 Å². The van der Waals surface area contributed by atoms with Crippen molar-refractivity contribution in [2.24, 2.45) is 0 Å². The number of nitrogens with one attached hydrogen (secondary N) is 1. The van der Waals surface area contributed by atoms with Crippen LogP contribution in [-0.2, 0) is 29.1 Å². The number of nitrogens with zero attached hydrogens (tertiary/aromatic N) is 1. The van der Waals surface area contributed by atoms with Crippen molar-refractivity contribution in [1.82, 2.24) is 5.32 Å². The molecule has 0 bridgehead atoms. The number of carbonyl (C=O) groups excluding carboxylic acids is 2. The fraction of sp³-hybridized carbons (Fsp3) is 0.133. The molecular formula is C30H27FN2O3. The number of ether oxygens (including phenoxy) is 1. The minimum absolute atomic E-state index is 0.111. The molecule has 4 rings (SSSR count). The summed E-state index contributed by atoms with van der Waals surface area (Å²) in [7, 11) is 0. The predicted octanol–water partition coefficient (Wildman–Crippen LogP) is 5.30. The van der Waals surface area contributed by atoms with Gasteiger partial charge in [0.1, 0.15) is 11.6 Å². The normalized spacial score (nSPS) is 10.5. The van der Waals surface area contributed by atoms with Crippen molar-refractivity contribution in [3.8, 4) is 5.75 Å². The van der Waals surface area contributed by atoms with Crippen LogP contribution in [-0.4, -0.2) is 18.4 Å². The molecule has 4 aromatic rings. The Hall–Kier alpha value is -4.45. The second-order valence-corrected chi connectivity index (χ2v) is 8.32. The molecule has 1 N–H and O–H groups in total. The number of hydrogen-bond acceptors (Lipinski definition) is 3. The minimum Gasteiger partial charge on any atom is -0.484 e. The summed E-state index contributed by atoms with van der Waals surface area (Å²) < 4.78 is 19.1. The molecule has 0 unspecified atom stereocenters. The van der Waals surface area contributed by atoms with Crippen LogP contribution in [0.25, 0.3) is 0 Å². The zero-order valence-electron chi connectivity index (χ0n) is 19.8. The number of rotatable bonds is 10. The van der Waals surface area contributed by atoms with Crippen molar-refractivity contribution < 1.29 is 18.7 Å². The van der Waals surface area contributed by atoms with Gasteiger partial charge in [0.2, 0.25) is 5.91 Å². The number of anilines is 1. The third-order valence-electron chi connectivity index (χ3n) is 5.58. The number of halogens is 1. The average Bonchev–Trinajstić information content (AvgIpc) is 2.91. The summed E-state index contributed by atoms with van der Waals surface area (Å²) >= 11 is 0. The van der Waals surface area contributed by atoms with E-state index in [0.29, 0.717) is 18.0 Å². The molecule has 2 amide bonds. The minimum atomic E-state index is -0.340. The molecule has 0 saturated carbocycles. The van der Waals surface area contributed by atoms with E-state index in [1.807, 2.05) is 72.8 Å². The first-order chi connectivity index (χ1) is 17.6. The van der Waals surface area contributed by atoms with Gasteiger partial charge in [-0.2, -0.15) is 0 Å². The van der Waals surface area contributed by atoms with Crippen LogP contribution in [0.3, 0.4) is 0 Å². The van der Waals surface area contributed by atoms with Gasteiger partial charge in [-0.1, -0.05) is 72.8 Å². The Balaban J connectivity index is 1.47. The third kappa shape index (κ3) is 7.27. The first-order valence-corrected chi connectivity index (χ1v) is 11.7. The first-order valence-electron chi connectivity index (χ1n) is 11.7. The van der Waals surface area contributed by atoms with Gasteiger partial charge in [0.25, 0.3) is 5.91 Å². The van der Waals surface area contributed by atoms with E-state index in [-0.39, 0.29) is 37.2 Å². The average molecular weight is 483 g/mol. The van der Waals surface area contributed by atoms with Crippen LogP contribution in [0.15, 0.2) is 109 Å². The number of amides is 2. The van der Waals surface area contributed by atoms with Gasteiger partial charge in [-0.3, -0.25) is 9.59 Å². The molecule has 0 atom stereocenters. The van der Waals surface area contributed by atoms with Crippen LogP contribution in [0, 0.1) is 5.82 Å². The molecule has 6 heteroatoms. The lowest BCUT2D eigenvalue weighted by Gasteiger charge is -2.24. The summed E-state index contributed by atoms with van der Waals surface area (Å²) in [6.45, 7) is 0.527. The summed E-state index contributed by atoms with van der Waals surface area (Å²) in [6.07, 6.45) is 0.180. The van der Waals surface area contributed by atoms with Crippen molar-refractivity contribution in [2.45, 2.75) is 19.5 Å². The summed E-state index contributed by atoms with van der Waals surface area (Å²) in [5.74, 6) is -0.113. The Morgan fingerprint density at radius 2 is 1.42 bits per heavy atom. The molecule has 0 heterocycles. The highest BCUT2D eigenvalue weighted by Gasteiger charge is 2.18. The number of hydrogen-bond donors (Lipinski definition) is 1. The Morgan fingerprint density at radius 3 is 2.14 bits per heavy atom. The maximum absolute atomic E-state index is 13.4. The molecule has 0 aliphatic rings. The smallest absolute Gasteiger partial charge is 0.265 e. The summed E-state index contributed by atoms with van der Waals surface area (Å²) in [5, 5.41) is 2.93. The summed E-state index contributed by atoms with van der Waals surface area (Å²) in [6, 6.07) is 32.2. The van der Waals surface area contributed by atoms with Crippen molar-refractivity contribution in [2.75, 3.05) is 11.5 Å². The molecule has 5 nitrogen and oxygen atoms in total. The first kappa shape index (κ1) is 24.7. The van der Waals surface area contributed by atoms with E-state index in [0.717, 1.165) is 16.7 Å². The van der Waals surface area contributed by atoms with Gasteiger partial charge in [0.05, 0.1) is 13.0 Å². The van der Waals surface area contributed by atoms with Gasteiger partial charge < -0.3 is 15.0 Å². The van der Waals surface area contributed by atoms with Crippen molar-refractivity contribution in [3.63, 3.8) is 0 Å². The predicted molar refractivity (Wildman–Crippen MR) is 138 cm³/mol. The molecule has 36 heavy (non-hydrogen) atoms. The molecule has 0 radical (unpaired) electrons. The molecule has 0 saturated heterocycles. The van der Waals surface area contributed by atoms with Crippen molar-refractivity contribution in [3.05, 3.63) is 132 Å². The zero-order valence-corrected chi connectivity index (χ0v) is 19.8. The monoisotopic (exact) mass is 482 g/mol. The fourth-order valence-corrected chi connectivity index (χ4v) is 3.71. The highest BCUT2D eigenvalue weighted by atomic mass is 19.1. The van der Waals surface area contributed by atoms with E-state index in [1.165, 1.54) is 12.1 Å². The van der Waals surface area contributed by atoms with Gasteiger partial charge in [-0.05, 0) is 53.1 Å². The van der Waals surface area contributed by atoms with E-state index >= 15 is 0 Å². The maximum Gasteiger partial charge on any atom is 0.265 e. The molecule has 0 aromatic heterocycles. The van der Waals surface area contributed by atoms with Crippen LogP contribution in [0.4, 0.5) is 10.1 Å². The summed E-state index contributed by atoms with van der Waals surface area (Å²) in [4.78, 5) is 27.3. The number of carbonyl (C=O) groups is 2. The standard InChI is InChI=1S/C30H27FN2O3/c31-26-16-14-24(15-17-26)21-33(30(35)22-36-28-12-5-2-6-13-28)27-11-7-10-25(18-27)19-29(34)32-20-23-8-3-1-4-9-23/h1-18H,19-22H2,(H,32,34). The van der Waals surface area contributed by atoms with Gasteiger partial charge in [-0.25, -0.2) is 4.39 Å². The lowest BCUT2D eigenvalue weighted by Crippen LogP contribution is -2.34. The second-order valence-electron chi connectivity index (χ2n) is 8.32. The topological polar surface area (TPSA) is 58.6 Å². The molecule has 0 fully saturated rings. The van der Waals surface area contributed by atoms with Crippen LogP contribution >= 0.6 is 0 Å². The largest absolute Gasteiger partial charge is 0.484 e. The molecule has 4 aromatic carbocycles. The van der Waals surface area contributed by atoms with Crippen molar-refractivity contribution >= 4 is 17.5 Å². The van der Waals surface area contributed by atoms with Crippen molar-refractivity contribution in [1.29, 1.82) is 0 Å². The van der Waals surface area contributed by atoms with E-state index in [1.54, 1.807) is 29.2 Å². The van der Waals surface area contributed by atoms with Crippen LogP contribution < -0.4 is 15.0 Å². The van der Waals surface area contributed by atoms with Crippen LogP contribution in [0.1, 0.15) is 16.7 Å². The number of benzene rings is 4. The highest BCUT2D eigenvalue weighted by Crippen LogP contribution is 2.21.